The fraction of sp³-hybridized carbons (Fsp3) is 0.286. The highest BCUT2D eigenvalue weighted by Gasteiger charge is 2.25. The second-order valence-corrected chi connectivity index (χ2v) is 7.81. The van der Waals surface area contributed by atoms with E-state index in [1.54, 1.807) is 12.1 Å². The normalized spacial score (nSPS) is 16.9. The Kier molecular flexibility index (Phi) is 4.49. The van der Waals surface area contributed by atoms with Gasteiger partial charge in [-0.3, -0.25) is 14.5 Å². The number of hydrogen-bond acceptors (Lipinski definition) is 6. The quantitative estimate of drug-likeness (QED) is 0.666. The van der Waals surface area contributed by atoms with E-state index >= 15 is 0 Å². The Bertz CT molecular complexity index is 1120. The molecule has 2 aromatic carbocycles. The molecular weight excluding hydrogens is 392 g/mol. The molecule has 148 valence electrons. The van der Waals surface area contributed by atoms with E-state index in [2.05, 4.69) is 20.3 Å². The lowest BCUT2D eigenvalue weighted by atomic mass is 10.0. The molecule has 2 aliphatic heterocycles. The molecule has 3 heterocycles. The monoisotopic (exact) mass is 410 g/mol. The Morgan fingerprint density at radius 1 is 1.17 bits per heavy atom. The molecule has 2 aliphatic rings. The number of nitrogens with zero attached hydrogens (tertiary/aromatic N) is 3. The second kappa shape index (κ2) is 7.17. The van der Waals surface area contributed by atoms with Crippen molar-refractivity contribution < 1.29 is 14.1 Å². The van der Waals surface area contributed by atoms with Gasteiger partial charge in [0, 0.05) is 37.4 Å². The Morgan fingerprint density at radius 3 is 2.83 bits per heavy atom. The van der Waals surface area contributed by atoms with Crippen molar-refractivity contribution in [1.82, 2.24) is 10.1 Å². The van der Waals surface area contributed by atoms with Gasteiger partial charge in [0.05, 0.1) is 23.4 Å². The fourth-order valence-electron chi connectivity index (χ4n) is 3.96. The second-order valence-electron chi connectivity index (χ2n) is 7.41. The summed E-state index contributed by atoms with van der Waals surface area (Å²) in [6.45, 7) is 3.38. The maximum Gasteiger partial charge on any atom is 0.228 e. The zero-order valence-corrected chi connectivity index (χ0v) is 16.4. The molecule has 1 aromatic heterocycles. The van der Waals surface area contributed by atoms with Gasteiger partial charge < -0.3 is 14.7 Å². The van der Waals surface area contributed by atoms with Gasteiger partial charge in [0.2, 0.25) is 5.91 Å². The lowest BCUT2D eigenvalue weighted by molar-refractivity contribution is -0.115. The molecule has 0 saturated carbocycles. The lowest BCUT2D eigenvalue weighted by Crippen LogP contribution is -2.48. The number of aromatic nitrogens is 1. The predicted molar refractivity (Wildman–Crippen MR) is 111 cm³/mol. The topological polar surface area (TPSA) is 78.7 Å². The minimum absolute atomic E-state index is 0.0256. The molecule has 0 unspecified atom stereocenters. The summed E-state index contributed by atoms with van der Waals surface area (Å²) in [4.78, 5) is 28.5. The number of para-hydroxylation sites is 1. The first-order valence-corrected chi connectivity index (χ1v) is 9.93. The minimum atomic E-state index is -0.0256. The SMILES string of the molecule is O=C1Cc2cc(C(=O)CN3CCN(c4noc5c(Cl)cccc45)CC3)ccc2N1. The van der Waals surface area contributed by atoms with Crippen molar-refractivity contribution in [3.63, 3.8) is 0 Å². The standard InChI is InChI=1S/C21H19ClN4O3/c22-16-3-1-2-15-20(16)29-24-21(15)26-8-6-25(7-9-26)12-18(27)13-4-5-17-14(10-13)11-19(28)23-17/h1-5,10H,6-9,11-12H2,(H,23,28). The smallest absolute Gasteiger partial charge is 0.228 e. The molecule has 1 fully saturated rings. The van der Waals surface area contributed by atoms with E-state index in [0.717, 1.165) is 48.6 Å². The maximum atomic E-state index is 12.7. The summed E-state index contributed by atoms with van der Waals surface area (Å²) in [6.07, 6.45) is 0.338. The van der Waals surface area contributed by atoms with Crippen LogP contribution < -0.4 is 10.2 Å². The summed E-state index contributed by atoms with van der Waals surface area (Å²) in [5.74, 6) is 0.839. The first-order chi connectivity index (χ1) is 14.1. The van der Waals surface area contributed by atoms with E-state index in [9.17, 15) is 9.59 Å². The summed E-state index contributed by atoms with van der Waals surface area (Å²) in [5.41, 5.74) is 2.95. The Hall–Kier alpha value is -2.90. The van der Waals surface area contributed by atoms with Crippen molar-refractivity contribution >= 4 is 45.8 Å². The van der Waals surface area contributed by atoms with E-state index < -0.39 is 0 Å². The minimum Gasteiger partial charge on any atom is -0.352 e. The van der Waals surface area contributed by atoms with Gasteiger partial charge in [0.1, 0.15) is 0 Å². The molecular formula is C21H19ClN4O3. The van der Waals surface area contributed by atoms with Crippen LogP contribution >= 0.6 is 11.6 Å². The molecule has 0 atom stereocenters. The van der Waals surface area contributed by atoms with Gasteiger partial charge in [-0.25, -0.2) is 0 Å². The summed E-state index contributed by atoms with van der Waals surface area (Å²) in [6, 6.07) is 11.1. The van der Waals surface area contributed by atoms with Gasteiger partial charge >= 0.3 is 0 Å². The van der Waals surface area contributed by atoms with Crippen molar-refractivity contribution in [2.45, 2.75) is 6.42 Å². The Balaban J connectivity index is 1.23. The number of anilines is 2. The van der Waals surface area contributed by atoms with Crippen LogP contribution in [0.15, 0.2) is 40.9 Å². The van der Waals surface area contributed by atoms with Gasteiger partial charge in [-0.1, -0.05) is 22.8 Å². The van der Waals surface area contributed by atoms with Crippen LogP contribution in [0.3, 0.4) is 0 Å². The van der Waals surface area contributed by atoms with Crippen LogP contribution in [0.2, 0.25) is 5.02 Å². The number of Topliss-reactive ketones (excluding diaryl/α,β-unsaturated/α-hetero) is 1. The first kappa shape index (κ1) is 18.1. The summed E-state index contributed by atoms with van der Waals surface area (Å²) in [7, 11) is 0. The zero-order valence-electron chi connectivity index (χ0n) is 15.7. The average Bonchev–Trinajstić information content (AvgIpc) is 3.31. The van der Waals surface area contributed by atoms with Crippen LogP contribution in [0.1, 0.15) is 15.9 Å². The van der Waals surface area contributed by atoms with Crippen molar-refractivity contribution in [2.24, 2.45) is 0 Å². The van der Waals surface area contributed by atoms with Crippen molar-refractivity contribution in [1.29, 1.82) is 0 Å². The predicted octanol–water partition coefficient (Wildman–Crippen LogP) is 2.98. The lowest BCUT2D eigenvalue weighted by Gasteiger charge is -2.34. The fourth-order valence-corrected chi connectivity index (χ4v) is 4.17. The molecule has 7 nitrogen and oxygen atoms in total. The van der Waals surface area contributed by atoms with Gasteiger partial charge in [-0.15, -0.1) is 0 Å². The van der Waals surface area contributed by atoms with Crippen LogP contribution in [0.4, 0.5) is 11.5 Å². The Morgan fingerprint density at radius 2 is 2.00 bits per heavy atom. The van der Waals surface area contributed by atoms with E-state index in [4.69, 9.17) is 16.1 Å². The van der Waals surface area contributed by atoms with Crippen LogP contribution in [0.5, 0.6) is 0 Å². The van der Waals surface area contributed by atoms with Gasteiger partial charge in [-0.05, 0) is 35.9 Å². The number of ketones is 1. The third-order valence-electron chi connectivity index (χ3n) is 5.52. The van der Waals surface area contributed by atoms with E-state index in [-0.39, 0.29) is 11.7 Å². The van der Waals surface area contributed by atoms with Crippen molar-refractivity contribution in [3.05, 3.63) is 52.5 Å². The van der Waals surface area contributed by atoms with Gasteiger partial charge in [0.25, 0.3) is 0 Å². The molecule has 29 heavy (non-hydrogen) atoms. The molecule has 1 saturated heterocycles. The molecule has 3 aromatic rings. The van der Waals surface area contributed by atoms with Gasteiger partial charge in [-0.2, -0.15) is 0 Å². The zero-order chi connectivity index (χ0) is 20.0. The molecule has 5 rings (SSSR count). The van der Waals surface area contributed by atoms with Crippen molar-refractivity contribution in [3.8, 4) is 0 Å². The van der Waals surface area contributed by atoms with E-state index in [1.165, 1.54) is 0 Å². The molecule has 0 radical (unpaired) electrons. The van der Waals surface area contributed by atoms with E-state index in [0.29, 0.717) is 29.1 Å². The highest BCUT2D eigenvalue weighted by molar-refractivity contribution is 6.35. The number of carbonyl (C=O) groups excluding carboxylic acids is 2. The molecule has 1 N–H and O–H groups in total. The number of nitrogens with one attached hydrogen (secondary N) is 1. The van der Waals surface area contributed by atoms with Gasteiger partial charge in [0.15, 0.2) is 17.2 Å². The number of fused-ring (bicyclic) bond motifs is 2. The number of piperazine rings is 1. The highest BCUT2D eigenvalue weighted by atomic mass is 35.5. The average molecular weight is 411 g/mol. The number of halogens is 1. The van der Waals surface area contributed by atoms with Crippen LogP contribution in [-0.4, -0.2) is 54.5 Å². The number of benzene rings is 2. The van der Waals surface area contributed by atoms with Crippen molar-refractivity contribution in [2.75, 3.05) is 42.9 Å². The number of carbonyl (C=O) groups is 2. The highest BCUT2D eigenvalue weighted by Crippen LogP contribution is 2.31. The van der Waals surface area contributed by atoms with Crippen LogP contribution in [0, 0.1) is 0 Å². The van der Waals surface area contributed by atoms with Crippen LogP contribution in [0.25, 0.3) is 11.0 Å². The molecule has 8 heteroatoms. The molecule has 0 spiro atoms. The third-order valence-corrected chi connectivity index (χ3v) is 5.82. The Labute approximate surface area is 172 Å². The number of rotatable bonds is 4. The molecule has 0 aliphatic carbocycles. The summed E-state index contributed by atoms with van der Waals surface area (Å²) in [5, 5.41) is 8.45. The molecule has 0 bridgehead atoms. The number of amides is 1. The summed E-state index contributed by atoms with van der Waals surface area (Å²) >= 11 is 6.17. The maximum absolute atomic E-state index is 12.7. The summed E-state index contributed by atoms with van der Waals surface area (Å²) < 4.78 is 5.41. The number of hydrogen-bond donors (Lipinski definition) is 1. The molecule has 1 amide bonds. The third kappa shape index (κ3) is 3.36. The largest absolute Gasteiger partial charge is 0.352 e. The van der Waals surface area contributed by atoms with Crippen LogP contribution in [-0.2, 0) is 11.2 Å². The van der Waals surface area contributed by atoms with E-state index in [1.807, 2.05) is 24.3 Å². The first-order valence-electron chi connectivity index (χ1n) is 9.55.